The highest BCUT2D eigenvalue weighted by atomic mass is 35.7. The van der Waals surface area contributed by atoms with Crippen LogP contribution >= 0.6 is 10.7 Å². The van der Waals surface area contributed by atoms with Crippen molar-refractivity contribution in [1.29, 1.82) is 0 Å². The van der Waals surface area contributed by atoms with Gasteiger partial charge in [0.15, 0.2) is 11.1 Å². The number of benzene rings is 2. The standard InChI is InChI=1S/C10H7ClO4S2/c11-17(14,15)10-4-2-7-5-9(16(12)13)3-1-8(7)6-10/h1-6H,(H,12,13). The lowest BCUT2D eigenvalue weighted by Crippen LogP contribution is -1.91. The van der Waals surface area contributed by atoms with Crippen molar-refractivity contribution in [1.82, 2.24) is 0 Å². The van der Waals surface area contributed by atoms with Gasteiger partial charge in [0, 0.05) is 10.7 Å². The lowest BCUT2D eigenvalue weighted by molar-refractivity contribution is 0.564. The van der Waals surface area contributed by atoms with Crippen LogP contribution in [0.25, 0.3) is 10.8 Å². The van der Waals surface area contributed by atoms with Gasteiger partial charge in [-0.2, -0.15) is 0 Å². The molecule has 0 saturated carbocycles. The first-order chi connectivity index (χ1) is 7.88. The zero-order chi connectivity index (χ0) is 12.6. The van der Waals surface area contributed by atoms with Crippen LogP contribution in [0.5, 0.6) is 0 Å². The molecule has 1 atom stereocenters. The minimum absolute atomic E-state index is 0.00420. The van der Waals surface area contributed by atoms with Gasteiger partial charge in [-0.3, -0.25) is 0 Å². The second kappa shape index (κ2) is 4.38. The maximum Gasteiger partial charge on any atom is 0.261 e. The topological polar surface area (TPSA) is 71.4 Å². The fraction of sp³-hybridized carbons (Fsp3) is 0. The van der Waals surface area contributed by atoms with Crippen LogP contribution in [0.4, 0.5) is 0 Å². The van der Waals surface area contributed by atoms with Crippen LogP contribution in [0.2, 0.25) is 0 Å². The van der Waals surface area contributed by atoms with Crippen LogP contribution in [0, 0.1) is 0 Å². The lowest BCUT2D eigenvalue weighted by atomic mass is 10.1. The highest BCUT2D eigenvalue weighted by Gasteiger charge is 2.10. The number of hydrogen-bond acceptors (Lipinski definition) is 3. The predicted molar refractivity (Wildman–Crippen MR) is 66.0 cm³/mol. The molecule has 4 nitrogen and oxygen atoms in total. The lowest BCUT2D eigenvalue weighted by Gasteiger charge is -2.02. The molecule has 0 fully saturated rings. The summed E-state index contributed by atoms with van der Waals surface area (Å²) >= 11 is -2.05. The molecule has 0 heterocycles. The Bertz CT molecular complexity index is 709. The van der Waals surface area contributed by atoms with Gasteiger partial charge in [0.2, 0.25) is 0 Å². The summed E-state index contributed by atoms with van der Waals surface area (Å²) < 4.78 is 42.0. The molecular formula is C10H7ClO4S2. The Labute approximate surface area is 105 Å². The van der Waals surface area contributed by atoms with Gasteiger partial charge in [-0.15, -0.1) is 0 Å². The van der Waals surface area contributed by atoms with Crippen molar-refractivity contribution in [3.05, 3.63) is 36.4 Å². The maximum absolute atomic E-state index is 11.1. The van der Waals surface area contributed by atoms with E-state index in [1.165, 1.54) is 24.3 Å². The molecule has 0 amide bonds. The minimum Gasteiger partial charge on any atom is -0.302 e. The third kappa shape index (κ3) is 2.66. The first-order valence-corrected chi connectivity index (χ1v) is 7.89. The third-order valence-electron chi connectivity index (χ3n) is 2.27. The summed E-state index contributed by atoms with van der Waals surface area (Å²) in [6, 6.07) is 8.88. The molecule has 0 bridgehead atoms. The number of hydrogen-bond donors (Lipinski definition) is 1. The van der Waals surface area contributed by atoms with E-state index in [9.17, 15) is 12.6 Å². The Morgan fingerprint density at radius 1 is 1.06 bits per heavy atom. The molecule has 0 saturated heterocycles. The van der Waals surface area contributed by atoms with Crippen LogP contribution in [0.1, 0.15) is 0 Å². The fourth-order valence-corrected chi connectivity index (χ4v) is 2.66. The van der Waals surface area contributed by atoms with Gasteiger partial charge < -0.3 is 4.55 Å². The maximum atomic E-state index is 11.1. The summed E-state index contributed by atoms with van der Waals surface area (Å²) in [7, 11) is 1.47. The van der Waals surface area contributed by atoms with Crippen LogP contribution in [-0.4, -0.2) is 17.2 Å². The van der Waals surface area contributed by atoms with Crippen LogP contribution in [-0.2, 0) is 20.1 Å². The third-order valence-corrected chi connectivity index (χ3v) is 4.28. The SMILES string of the molecule is O=S(O)c1ccc2cc(S(=O)(=O)Cl)ccc2c1. The molecule has 0 aromatic heterocycles. The molecule has 0 aliphatic heterocycles. The molecule has 0 spiro atoms. The predicted octanol–water partition coefficient (Wildman–Crippen LogP) is 2.35. The van der Waals surface area contributed by atoms with Crippen molar-refractivity contribution in [3.63, 3.8) is 0 Å². The molecule has 0 aliphatic carbocycles. The van der Waals surface area contributed by atoms with Crippen LogP contribution in [0.15, 0.2) is 46.2 Å². The smallest absolute Gasteiger partial charge is 0.261 e. The molecule has 7 heteroatoms. The summed E-state index contributed by atoms with van der Waals surface area (Å²) in [5, 5.41) is 1.31. The molecular weight excluding hydrogens is 284 g/mol. The zero-order valence-electron chi connectivity index (χ0n) is 8.33. The van der Waals surface area contributed by atoms with E-state index in [1.807, 2.05) is 0 Å². The van der Waals surface area contributed by atoms with Crippen molar-refractivity contribution < 1.29 is 17.2 Å². The van der Waals surface area contributed by atoms with Crippen molar-refractivity contribution in [2.45, 2.75) is 9.79 Å². The molecule has 1 N–H and O–H groups in total. The largest absolute Gasteiger partial charge is 0.302 e. The molecule has 2 aromatic carbocycles. The second-order valence-corrected chi connectivity index (χ2v) is 6.89. The van der Waals surface area contributed by atoms with Gasteiger partial charge in [-0.05, 0) is 35.0 Å². The molecule has 17 heavy (non-hydrogen) atoms. The van der Waals surface area contributed by atoms with Crippen molar-refractivity contribution in [2.24, 2.45) is 0 Å². The van der Waals surface area contributed by atoms with Crippen LogP contribution < -0.4 is 0 Å². The monoisotopic (exact) mass is 290 g/mol. The average Bonchev–Trinajstić information content (AvgIpc) is 2.26. The minimum atomic E-state index is -3.76. The highest BCUT2D eigenvalue weighted by molar-refractivity contribution is 8.13. The van der Waals surface area contributed by atoms with E-state index in [1.54, 1.807) is 12.1 Å². The quantitative estimate of drug-likeness (QED) is 0.681. The van der Waals surface area contributed by atoms with E-state index in [-0.39, 0.29) is 9.79 Å². The zero-order valence-corrected chi connectivity index (χ0v) is 10.7. The summed E-state index contributed by atoms with van der Waals surface area (Å²) in [5.74, 6) is 0. The Balaban J connectivity index is 2.66. The van der Waals surface area contributed by atoms with Crippen molar-refractivity contribution in [2.75, 3.05) is 0 Å². The van der Waals surface area contributed by atoms with Gasteiger partial charge in [0.25, 0.3) is 9.05 Å². The number of fused-ring (bicyclic) bond motifs is 1. The summed E-state index contributed by atoms with van der Waals surface area (Å²) in [6.07, 6.45) is 0. The van der Waals surface area contributed by atoms with E-state index < -0.39 is 20.1 Å². The second-order valence-electron chi connectivity index (χ2n) is 3.36. The van der Waals surface area contributed by atoms with Gasteiger partial charge in [-0.1, -0.05) is 12.1 Å². The summed E-state index contributed by atoms with van der Waals surface area (Å²) in [6.45, 7) is 0. The highest BCUT2D eigenvalue weighted by Crippen LogP contribution is 2.23. The molecule has 0 radical (unpaired) electrons. The van der Waals surface area contributed by atoms with Gasteiger partial charge in [0.1, 0.15) is 0 Å². The van der Waals surface area contributed by atoms with Gasteiger partial charge in [0.05, 0.1) is 9.79 Å². The first-order valence-electron chi connectivity index (χ1n) is 4.47. The Morgan fingerprint density at radius 3 is 2.24 bits per heavy atom. The molecule has 2 rings (SSSR count). The van der Waals surface area contributed by atoms with E-state index >= 15 is 0 Å². The van der Waals surface area contributed by atoms with E-state index in [4.69, 9.17) is 15.2 Å². The van der Waals surface area contributed by atoms with E-state index in [2.05, 4.69) is 0 Å². The molecule has 0 aliphatic rings. The van der Waals surface area contributed by atoms with Gasteiger partial charge >= 0.3 is 0 Å². The van der Waals surface area contributed by atoms with Crippen molar-refractivity contribution in [3.8, 4) is 0 Å². The summed E-state index contributed by atoms with van der Waals surface area (Å²) in [5.41, 5.74) is 0. The number of rotatable bonds is 2. The van der Waals surface area contributed by atoms with Crippen molar-refractivity contribution >= 4 is 41.6 Å². The average molecular weight is 291 g/mol. The molecule has 1 unspecified atom stereocenters. The Morgan fingerprint density at radius 2 is 1.65 bits per heavy atom. The van der Waals surface area contributed by atoms with Crippen LogP contribution in [0.3, 0.4) is 0 Å². The van der Waals surface area contributed by atoms with E-state index in [0.717, 1.165) is 0 Å². The number of halogens is 1. The van der Waals surface area contributed by atoms with E-state index in [0.29, 0.717) is 10.8 Å². The fourth-order valence-electron chi connectivity index (χ4n) is 1.46. The summed E-state index contributed by atoms with van der Waals surface area (Å²) in [4.78, 5) is 0.267. The van der Waals surface area contributed by atoms with Gasteiger partial charge in [-0.25, -0.2) is 12.6 Å². The normalized spacial score (nSPS) is 13.8. The Hall–Kier alpha value is -0.950. The molecule has 90 valence electrons. The Kier molecular flexibility index (Phi) is 3.22. The molecule has 2 aromatic rings. The first kappa shape index (κ1) is 12.5.